The highest BCUT2D eigenvalue weighted by Gasteiger charge is 1.98. The molecular formula is C6H11N3. The molecule has 0 saturated carbocycles. The monoisotopic (exact) mass is 125 g/mol. The van der Waals surface area contributed by atoms with Crippen LogP contribution in [-0.4, -0.2) is 4.98 Å². The molecule has 0 saturated heterocycles. The van der Waals surface area contributed by atoms with Gasteiger partial charge in [-0.1, -0.05) is 0 Å². The Morgan fingerprint density at radius 3 is 2.56 bits per heavy atom. The van der Waals surface area contributed by atoms with Crippen molar-refractivity contribution in [2.75, 3.05) is 5.73 Å². The molecule has 3 nitrogen and oxygen atoms in total. The van der Waals surface area contributed by atoms with Crippen molar-refractivity contribution in [2.45, 2.75) is 13.0 Å². The molecule has 1 rings (SSSR count). The quantitative estimate of drug-likeness (QED) is 0.515. The number of aromatic amines is 1. The topological polar surface area (TPSA) is 67.8 Å². The van der Waals surface area contributed by atoms with Gasteiger partial charge in [-0.2, -0.15) is 0 Å². The Kier molecular flexibility index (Phi) is 1.44. The average Bonchev–Trinajstić information content (AvgIpc) is 2.14. The number of nitrogens with two attached hydrogens (primary N) is 2. The molecule has 0 spiro atoms. The minimum Gasteiger partial charge on any atom is -0.397 e. The van der Waals surface area contributed by atoms with Crippen molar-refractivity contribution in [3.63, 3.8) is 0 Å². The van der Waals surface area contributed by atoms with Crippen molar-refractivity contribution in [1.29, 1.82) is 0 Å². The smallest absolute Gasteiger partial charge is 0.0495 e. The predicted molar refractivity (Wildman–Crippen MR) is 37.8 cm³/mol. The second kappa shape index (κ2) is 2.11. The van der Waals surface area contributed by atoms with Crippen LogP contribution < -0.4 is 11.5 Å². The van der Waals surface area contributed by atoms with Gasteiger partial charge in [0.2, 0.25) is 0 Å². The molecule has 0 aliphatic heterocycles. The van der Waals surface area contributed by atoms with Gasteiger partial charge in [-0.05, 0) is 13.0 Å². The maximum Gasteiger partial charge on any atom is 0.0495 e. The van der Waals surface area contributed by atoms with Crippen molar-refractivity contribution in [2.24, 2.45) is 5.73 Å². The van der Waals surface area contributed by atoms with Crippen LogP contribution in [-0.2, 0) is 0 Å². The minimum atomic E-state index is 0.0438. The van der Waals surface area contributed by atoms with Crippen LogP contribution in [0.5, 0.6) is 0 Å². The number of nitrogen functional groups attached to an aromatic ring is 1. The summed E-state index contributed by atoms with van der Waals surface area (Å²) in [5.41, 5.74) is 12.7. The zero-order valence-electron chi connectivity index (χ0n) is 5.39. The summed E-state index contributed by atoms with van der Waals surface area (Å²) in [6, 6.07) is 1.88. The lowest BCUT2D eigenvalue weighted by atomic mass is 10.2. The zero-order chi connectivity index (χ0) is 6.85. The maximum atomic E-state index is 5.54. The highest BCUT2D eigenvalue weighted by Crippen LogP contribution is 2.10. The molecule has 50 valence electrons. The van der Waals surface area contributed by atoms with Crippen molar-refractivity contribution < 1.29 is 0 Å². The standard InChI is InChI=1S/C6H11N3/c1-4(7)6-2-5(8)3-9-6/h2-4,9H,7-8H2,1H3/t4-/m0/s1. The van der Waals surface area contributed by atoms with Crippen molar-refractivity contribution in [1.82, 2.24) is 4.98 Å². The van der Waals surface area contributed by atoms with E-state index in [1.807, 2.05) is 13.0 Å². The first-order valence-corrected chi connectivity index (χ1v) is 2.89. The van der Waals surface area contributed by atoms with Crippen LogP contribution in [0, 0.1) is 0 Å². The van der Waals surface area contributed by atoms with Gasteiger partial charge in [0.05, 0.1) is 0 Å². The Labute approximate surface area is 54.1 Å². The summed E-state index contributed by atoms with van der Waals surface area (Å²) in [6.45, 7) is 1.91. The van der Waals surface area contributed by atoms with Gasteiger partial charge in [0.15, 0.2) is 0 Å². The number of rotatable bonds is 1. The fourth-order valence-electron chi connectivity index (χ4n) is 0.692. The van der Waals surface area contributed by atoms with E-state index in [9.17, 15) is 0 Å². The van der Waals surface area contributed by atoms with Gasteiger partial charge in [0.25, 0.3) is 0 Å². The normalized spacial score (nSPS) is 13.6. The molecule has 1 aromatic heterocycles. The van der Waals surface area contributed by atoms with Crippen LogP contribution in [0.2, 0.25) is 0 Å². The lowest BCUT2D eigenvalue weighted by molar-refractivity contribution is 0.789. The predicted octanol–water partition coefficient (Wildman–Crippen LogP) is 0.617. The summed E-state index contributed by atoms with van der Waals surface area (Å²) in [4.78, 5) is 2.95. The van der Waals surface area contributed by atoms with Gasteiger partial charge in [-0.15, -0.1) is 0 Å². The molecule has 3 heteroatoms. The highest BCUT2D eigenvalue weighted by atomic mass is 14.8. The first-order chi connectivity index (χ1) is 4.20. The Hall–Kier alpha value is -0.960. The van der Waals surface area contributed by atoms with Crippen LogP contribution in [0.3, 0.4) is 0 Å². The van der Waals surface area contributed by atoms with Crippen LogP contribution in [0.25, 0.3) is 0 Å². The molecule has 1 heterocycles. The molecule has 0 radical (unpaired) electrons. The Morgan fingerprint density at radius 1 is 1.67 bits per heavy atom. The number of H-pyrrole nitrogens is 1. The first kappa shape index (κ1) is 6.16. The van der Waals surface area contributed by atoms with E-state index < -0.39 is 0 Å². The molecule has 0 aliphatic rings. The van der Waals surface area contributed by atoms with Gasteiger partial charge in [0.1, 0.15) is 0 Å². The highest BCUT2D eigenvalue weighted by molar-refractivity contribution is 5.38. The van der Waals surface area contributed by atoms with E-state index in [-0.39, 0.29) is 6.04 Å². The van der Waals surface area contributed by atoms with E-state index >= 15 is 0 Å². The second-order valence-corrected chi connectivity index (χ2v) is 2.18. The van der Waals surface area contributed by atoms with E-state index in [2.05, 4.69) is 4.98 Å². The van der Waals surface area contributed by atoms with E-state index in [4.69, 9.17) is 11.5 Å². The van der Waals surface area contributed by atoms with Gasteiger partial charge in [-0.25, -0.2) is 0 Å². The summed E-state index contributed by atoms with van der Waals surface area (Å²) in [5.74, 6) is 0. The van der Waals surface area contributed by atoms with E-state index in [0.717, 1.165) is 11.4 Å². The summed E-state index contributed by atoms with van der Waals surface area (Å²) in [7, 11) is 0. The molecule has 1 atom stereocenters. The lowest BCUT2D eigenvalue weighted by Crippen LogP contribution is -2.04. The van der Waals surface area contributed by atoms with Crippen LogP contribution >= 0.6 is 0 Å². The maximum absolute atomic E-state index is 5.54. The number of hydrogen-bond donors (Lipinski definition) is 3. The molecule has 9 heavy (non-hydrogen) atoms. The number of anilines is 1. The molecule has 0 aromatic carbocycles. The van der Waals surface area contributed by atoms with Crippen LogP contribution in [0.4, 0.5) is 5.69 Å². The molecule has 0 aliphatic carbocycles. The van der Waals surface area contributed by atoms with Crippen LogP contribution in [0.1, 0.15) is 18.7 Å². The van der Waals surface area contributed by atoms with Crippen molar-refractivity contribution in [3.05, 3.63) is 18.0 Å². The van der Waals surface area contributed by atoms with Crippen LogP contribution in [0.15, 0.2) is 12.3 Å². The molecule has 0 unspecified atom stereocenters. The molecular weight excluding hydrogens is 114 g/mol. The number of hydrogen-bond acceptors (Lipinski definition) is 2. The zero-order valence-corrected chi connectivity index (χ0v) is 5.39. The Balaban J connectivity index is 2.85. The second-order valence-electron chi connectivity index (χ2n) is 2.18. The lowest BCUT2D eigenvalue weighted by Gasteiger charge is -1.97. The fraction of sp³-hybridized carbons (Fsp3) is 0.333. The average molecular weight is 125 g/mol. The van der Waals surface area contributed by atoms with E-state index in [1.54, 1.807) is 6.20 Å². The van der Waals surface area contributed by atoms with Gasteiger partial charge >= 0.3 is 0 Å². The molecule has 0 fully saturated rings. The van der Waals surface area contributed by atoms with Crippen molar-refractivity contribution in [3.8, 4) is 0 Å². The largest absolute Gasteiger partial charge is 0.397 e. The summed E-state index contributed by atoms with van der Waals surface area (Å²) >= 11 is 0. The minimum absolute atomic E-state index is 0.0438. The molecule has 5 N–H and O–H groups in total. The summed E-state index contributed by atoms with van der Waals surface area (Å²) in [6.07, 6.45) is 1.73. The third kappa shape index (κ3) is 1.23. The summed E-state index contributed by atoms with van der Waals surface area (Å²) < 4.78 is 0. The number of aromatic nitrogens is 1. The fourth-order valence-corrected chi connectivity index (χ4v) is 0.692. The van der Waals surface area contributed by atoms with Crippen molar-refractivity contribution >= 4 is 5.69 Å². The van der Waals surface area contributed by atoms with E-state index in [1.165, 1.54) is 0 Å². The molecule has 1 aromatic rings. The Bertz CT molecular complexity index is 190. The molecule has 0 bridgehead atoms. The third-order valence-corrected chi connectivity index (χ3v) is 1.22. The SMILES string of the molecule is C[C@H](N)c1cc(N)c[nH]1. The van der Waals surface area contributed by atoms with E-state index in [0.29, 0.717) is 0 Å². The van der Waals surface area contributed by atoms with Gasteiger partial charge in [-0.3, -0.25) is 0 Å². The van der Waals surface area contributed by atoms with Gasteiger partial charge < -0.3 is 16.5 Å². The number of nitrogens with one attached hydrogen (secondary N) is 1. The third-order valence-electron chi connectivity index (χ3n) is 1.22. The Morgan fingerprint density at radius 2 is 2.33 bits per heavy atom. The first-order valence-electron chi connectivity index (χ1n) is 2.89. The summed E-state index contributed by atoms with van der Waals surface area (Å²) in [5, 5.41) is 0. The molecule has 0 amide bonds. The van der Waals surface area contributed by atoms with Gasteiger partial charge in [0, 0.05) is 23.6 Å².